The fourth-order valence-electron chi connectivity index (χ4n) is 1.48. The molecule has 1 nitrogen and oxygen atoms in total. The van der Waals surface area contributed by atoms with Gasteiger partial charge in [0, 0.05) is 17.9 Å². The molecule has 1 heterocycles. The number of alkyl halides is 1. The Hall–Kier alpha value is -0.660. The van der Waals surface area contributed by atoms with E-state index in [2.05, 4.69) is 0 Å². The number of fused-ring (bicyclic) bond motifs is 1. The fraction of sp³-hybridized carbons (Fsp3) is 0.273. The molecule has 0 spiro atoms. The Balaban J connectivity index is 2.52. The number of benzene rings is 1. The minimum atomic E-state index is 0.469. The molecule has 14 heavy (non-hydrogen) atoms. The first kappa shape index (κ1) is 9.88. The Morgan fingerprint density at radius 3 is 2.86 bits per heavy atom. The van der Waals surface area contributed by atoms with Crippen LogP contribution < -0.4 is 4.74 Å². The topological polar surface area (TPSA) is 9.23 Å². The van der Waals surface area contributed by atoms with Gasteiger partial charge in [-0.15, -0.1) is 11.6 Å². The molecule has 1 aliphatic rings. The number of rotatable bonds is 1. The Kier molecular flexibility index (Phi) is 2.99. The van der Waals surface area contributed by atoms with Crippen molar-refractivity contribution in [3.63, 3.8) is 0 Å². The van der Waals surface area contributed by atoms with Gasteiger partial charge in [-0.2, -0.15) is 0 Å². The maximum atomic E-state index is 6.23. The van der Waals surface area contributed by atoms with E-state index in [9.17, 15) is 0 Å². The van der Waals surface area contributed by atoms with Crippen LogP contribution in [0.2, 0.25) is 0 Å². The Labute approximate surface area is 93.3 Å². The molecule has 0 bridgehead atoms. The second kappa shape index (κ2) is 4.24. The summed E-state index contributed by atoms with van der Waals surface area (Å²) < 4.78 is 5.57. The van der Waals surface area contributed by atoms with Crippen LogP contribution in [0.15, 0.2) is 29.8 Å². The summed E-state index contributed by atoms with van der Waals surface area (Å²) >= 11 is 12.0. The van der Waals surface area contributed by atoms with Crippen LogP contribution in [0, 0.1) is 0 Å². The van der Waals surface area contributed by atoms with Crippen molar-refractivity contribution in [1.29, 1.82) is 0 Å². The second-order valence-electron chi connectivity index (χ2n) is 3.15. The summed E-state index contributed by atoms with van der Waals surface area (Å²) in [4.78, 5) is 0. The fourth-order valence-corrected chi connectivity index (χ4v) is 2.14. The normalized spacial score (nSPS) is 15.9. The molecule has 0 saturated heterocycles. The van der Waals surface area contributed by atoms with Crippen molar-refractivity contribution in [2.45, 2.75) is 6.42 Å². The van der Waals surface area contributed by atoms with E-state index in [0.29, 0.717) is 12.5 Å². The zero-order valence-corrected chi connectivity index (χ0v) is 9.11. The molecular weight excluding hydrogens is 219 g/mol. The van der Waals surface area contributed by atoms with Crippen LogP contribution in [0.25, 0.3) is 5.03 Å². The zero-order valence-electron chi connectivity index (χ0n) is 7.59. The van der Waals surface area contributed by atoms with E-state index in [1.165, 1.54) is 0 Å². The van der Waals surface area contributed by atoms with Crippen LogP contribution in [-0.4, -0.2) is 12.5 Å². The highest BCUT2D eigenvalue weighted by molar-refractivity contribution is 6.50. The van der Waals surface area contributed by atoms with Gasteiger partial charge in [0.15, 0.2) is 0 Å². The molecule has 1 aromatic rings. The Morgan fingerprint density at radius 2 is 2.07 bits per heavy atom. The molecule has 0 unspecified atom stereocenters. The minimum absolute atomic E-state index is 0.469. The highest BCUT2D eigenvalue weighted by Gasteiger charge is 2.15. The van der Waals surface area contributed by atoms with Crippen molar-refractivity contribution in [2.75, 3.05) is 12.5 Å². The highest BCUT2D eigenvalue weighted by atomic mass is 35.5. The molecule has 1 aliphatic heterocycles. The lowest BCUT2D eigenvalue weighted by molar-refractivity contribution is 0.324. The van der Waals surface area contributed by atoms with Crippen molar-refractivity contribution in [3.05, 3.63) is 35.4 Å². The smallest absolute Gasteiger partial charge is 0.128 e. The van der Waals surface area contributed by atoms with Crippen LogP contribution in [0.1, 0.15) is 12.0 Å². The Bertz CT molecular complexity index is 371. The summed E-state index contributed by atoms with van der Waals surface area (Å²) in [7, 11) is 0. The minimum Gasteiger partial charge on any atom is -0.493 e. The van der Waals surface area contributed by atoms with Crippen molar-refractivity contribution in [3.8, 4) is 5.75 Å². The molecule has 0 atom stereocenters. The summed E-state index contributed by atoms with van der Waals surface area (Å²) in [6.07, 6.45) is 0.803. The van der Waals surface area contributed by atoms with Crippen molar-refractivity contribution in [2.24, 2.45) is 0 Å². The molecule has 0 aliphatic carbocycles. The first-order valence-electron chi connectivity index (χ1n) is 4.48. The molecule has 0 aromatic heterocycles. The number of para-hydroxylation sites is 1. The van der Waals surface area contributed by atoms with Gasteiger partial charge in [0.1, 0.15) is 5.75 Å². The van der Waals surface area contributed by atoms with Crippen LogP contribution in [0.3, 0.4) is 0 Å². The maximum absolute atomic E-state index is 6.23. The quantitative estimate of drug-likeness (QED) is 0.667. The van der Waals surface area contributed by atoms with E-state index >= 15 is 0 Å². The van der Waals surface area contributed by atoms with Gasteiger partial charge in [-0.05, 0) is 17.7 Å². The summed E-state index contributed by atoms with van der Waals surface area (Å²) in [5, 5.41) is 0.744. The van der Waals surface area contributed by atoms with Gasteiger partial charge in [0.05, 0.1) is 11.6 Å². The lowest BCUT2D eigenvalue weighted by Gasteiger charge is -2.05. The predicted molar refractivity (Wildman–Crippen MR) is 60.0 cm³/mol. The van der Waals surface area contributed by atoms with Crippen molar-refractivity contribution < 1.29 is 4.74 Å². The van der Waals surface area contributed by atoms with Crippen LogP contribution >= 0.6 is 23.2 Å². The molecular formula is C11H10Cl2O. The first-order valence-corrected chi connectivity index (χ1v) is 5.40. The summed E-state index contributed by atoms with van der Waals surface area (Å²) in [6, 6.07) is 7.76. The van der Waals surface area contributed by atoms with Crippen molar-refractivity contribution >= 4 is 28.2 Å². The van der Waals surface area contributed by atoms with Crippen molar-refractivity contribution in [1.82, 2.24) is 0 Å². The Morgan fingerprint density at radius 1 is 1.29 bits per heavy atom. The molecule has 1 aromatic carbocycles. The van der Waals surface area contributed by atoms with E-state index < -0.39 is 0 Å². The van der Waals surface area contributed by atoms with Gasteiger partial charge >= 0.3 is 0 Å². The van der Waals surface area contributed by atoms with Gasteiger partial charge in [0.25, 0.3) is 0 Å². The van der Waals surface area contributed by atoms with E-state index in [-0.39, 0.29) is 0 Å². The largest absolute Gasteiger partial charge is 0.493 e. The van der Waals surface area contributed by atoms with Gasteiger partial charge in [-0.3, -0.25) is 0 Å². The third-order valence-electron chi connectivity index (χ3n) is 2.26. The summed E-state index contributed by atoms with van der Waals surface area (Å²) in [6.45, 7) is 0.648. The maximum Gasteiger partial charge on any atom is 0.128 e. The number of hydrogen-bond acceptors (Lipinski definition) is 1. The first-order chi connectivity index (χ1) is 6.83. The zero-order chi connectivity index (χ0) is 9.97. The molecule has 0 fully saturated rings. The van der Waals surface area contributed by atoms with Crippen LogP contribution in [0.4, 0.5) is 0 Å². The standard InChI is InChI=1S/C11H10Cl2O/c12-7-8-5-6-14-10-4-2-1-3-9(10)11(8)13/h1-4H,5-7H2. The van der Waals surface area contributed by atoms with Gasteiger partial charge in [-0.1, -0.05) is 23.7 Å². The average molecular weight is 229 g/mol. The van der Waals surface area contributed by atoms with Crippen LogP contribution in [-0.2, 0) is 0 Å². The monoisotopic (exact) mass is 228 g/mol. The summed E-state index contributed by atoms with van der Waals surface area (Å²) in [5.41, 5.74) is 2.00. The van der Waals surface area contributed by atoms with Gasteiger partial charge in [0.2, 0.25) is 0 Å². The van der Waals surface area contributed by atoms with E-state index in [4.69, 9.17) is 27.9 Å². The highest BCUT2D eigenvalue weighted by Crippen LogP contribution is 2.35. The number of halogens is 2. The van der Waals surface area contributed by atoms with Crippen LogP contribution in [0.5, 0.6) is 5.75 Å². The van der Waals surface area contributed by atoms with E-state index in [1.54, 1.807) is 0 Å². The van der Waals surface area contributed by atoms with E-state index in [1.807, 2.05) is 24.3 Å². The summed E-state index contributed by atoms with van der Waals surface area (Å²) in [5.74, 6) is 1.31. The lowest BCUT2D eigenvalue weighted by Crippen LogP contribution is -1.97. The second-order valence-corrected chi connectivity index (χ2v) is 3.79. The van der Waals surface area contributed by atoms with Gasteiger partial charge in [-0.25, -0.2) is 0 Å². The molecule has 0 amide bonds. The third-order valence-corrected chi connectivity index (χ3v) is 3.05. The molecule has 74 valence electrons. The molecule has 3 heteroatoms. The number of ether oxygens (including phenoxy) is 1. The lowest BCUT2D eigenvalue weighted by atomic mass is 10.1. The SMILES string of the molecule is ClCC1=C(Cl)c2ccccc2OCC1. The molecule has 0 radical (unpaired) electrons. The molecule has 0 N–H and O–H groups in total. The number of hydrogen-bond donors (Lipinski definition) is 0. The third kappa shape index (κ3) is 1.75. The molecule has 2 rings (SSSR count). The van der Waals surface area contributed by atoms with E-state index in [0.717, 1.165) is 28.3 Å². The predicted octanol–water partition coefficient (Wildman–Crippen LogP) is 3.66. The average Bonchev–Trinajstić information content (AvgIpc) is 2.39. The van der Waals surface area contributed by atoms with Gasteiger partial charge < -0.3 is 4.74 Å². The molecule has 0 saturated carbocycles.